The predicted molar refractivity (Wildman–Crippen MR) is 62.4 cm³/mol. The molecule has 0 atom stereocenters. The molecule has 1 aromatic rings. The van der Waals surface area contributed by atoms with Crippen molar-refractivity contribution in [2.24, 2.45) is 0 Å². The van der Waals surface area contributed by atoms with Crippen LogP contribution in [0, 0.1) is 0 Å². The van der Waals surface area contributed by atoms with E-state index in [1.54, 1.807) is 0 Å². The van der Waals surface area contributed by atoms with E-state index in [-0.39, 0.29) is 0 Å². The van der Waals surface area contributed by atoms with Gasteiger partial charge in [-0.15, -0.1) is 0 Å². The molecule has 0 saturated carbocycles. The molecule has 0 aliphatic rings. The van der Waals surface area contributed by atoms with Gasteiger partial charge < -0.3 is 5.32 Å². The van der Waals surface area contributed by atoms with Crippen LogP contribution >= 0.6 is 0 Å². The summed E-state index contributed by atoms with van der Waals surface area (Å²) in [6.07, 6.45) is 2.35. The van der Waals surface area contributed by atoms with E-state index in [4.69, 9.17) is 0 Å². The van der Waals surface area contributed by atoms with Gasteiger partial charge in [0.05, 0.1) is 0 Å². The lowest BCUT2D eigenvalue weighted by molar-refractivity contribution is 0.682. The van der Waals surface area contributed by atoms with E-state index in [0.29, 0.717) is 0 Å². The molecule has 14 heavy (non-hydrogen) atoms. The fraction of sp³-hybridized carbons (Fsp3) is 0.385. The second-order valence-corrected chi connectivity index (χ2v) is 3.72. The molecule has 0 aliphatic carbocycles. The summed E-state index contributed by atoms with van der Waals surface area (Å²) in [5.74, 6) is 0. The number of rotatable bonds is 6. The summed E-state index contributed by atoms with van der Waals surface area (Å²) in [5.41, 5.74) is 2.62. The van der Waals surface area contributed by atoms with Crippen LogP contribution in [0.15, 0.2) is 42.5 Å². The Morgan fingerprint density at radius 2 is 2.00 bits per heavy atom. The average molecular weight is 189 g/mol. The van der Waals surface area contributed by atoms with Crippen molar-refractivity contribution in [3.05, 3.63) is 48.0 Å². The van der Waals surface area contributed by atoms with Gasteiger partial charge in [-0.3, -0.25) is 0 Å². The highest BCUT2D eigenvalue weighted by atomic mass is 14.8. The van der Waals surface area contributed by atoms with Crippen molar-refractivity contribution in [3.8, 4) is 0 Å². The first-order valence-electron chi connectivity index (χ1n) is 5.18. The highest BCUT2D eigenvalue weighted by Crippen LogP contribution is 2.01. The minimum absolute atomic E-state index is 0.939. The molecule has 1 heteroatoms. The van der Waals surface area contributed by atoms with Gasteiger partial charge in [0.2, 0.25) is 0 Å². The van der Waals surface area contributed by atoms with E-state index >= 15 is 0 Å². The Labute approximate surface area is 86.8 Å². The van der Waals surface area contributed by atoms with Crippen LogP contribution in [-0.2, 0) is 6.42 Å². The average Bonchev–Trinajstić information content (AvgIpc) is 2.18. The summed E-state index contributed by atoms with van der Waals surface area (Å²) < 4.78 is 0. The molecule has 0 amide bonds. The van der Waals surface area contributed by atoms with Gasteiger partial charge in [-0.05, 0) is 31.9 Å². The van der Waals surface area contributed by atoms with E-state index in [1.807, 2.05) is 6.92 Å². The first kappa shape index (κ1) is 11.0. The maximum atomic E-state index is 3.85. The third kappa shape index (κ3) is 4.83. The van der Waals surface area contributed by atoms with Crippen molar-refractivity contribution in [1.29, 1.82) is 0 Å². The van der Waals surface area contributed by atoms with Crippen molar-refractivity contribution in [2.75, 3.05) is 13.1 Å². The molecule has 0 bridgehead atoms. The minimum atomic E-state index is 0.939. The summed E-state index contributed by atoms with van der Waals surface area (Å²) in [6, 6.07) is 10.6. The summed E-state index contributed by atoms with van der Waals surface area (Å²) in [7, 11) is 0. The van der Waals surface area contributed by atoms with Crippen LogP contribution in [0.5, 0.6) is 0 Å². The first-order chi connectivity index (χ1) is 6.79. The molecule has 76 valence electrons. The van der Waals surface area contributed by atoms with Crippen LogP contribution < -0.4 is 5.32 Å². The van der Waals surface area contributed by atoms with E-state index in [1.165, 1.54) is 17.6 Å². The zero-order valence-electron chi connectivity index (χ0n) is 8.92. The lowest BCUT2D eigenvalue weighted by Crippen LogP contribution is -2.17. The van der Waals surface area contributed by atoms with Gasteiger partial charge in [0, 0.05) is 6.54 Å². The zero-order valence-corrected chi connectivity index (χ0v) is 8.92. The SMILES string of the molecule is C=C(C)CNCCCc1ccccc1. The molecule has 0 fully saturated rings. The molecule has 0 saturated heterocycles. The van der Waals surface area contributed by atoms with Gasteiger partial charge in [-0.2, -0.15) is 0 Å². The van der Waals surface area contributed by atoms with Gasteiger partial charge in [-0.1, -0.05) is 42.5 Å². The maximum absolute atomic E-state index is 3.85. The lowest BCUT2D eigenvalue weighted by Gasteiger charge is -2.04. The fourth-order valence-electron chi connectivity index (χ4n) is 1.36. The van der Waals surface area contributed by atoms with Crippen LogP contribution in [0.25, 0.3) is 0 Å². The summed E-state index contributed by atoms with van der Waals surface area (Å²) in [6.45, 7) is 7.90. The molecular formula is C13H19N. The number of hydrogen-bond donors (Lipinski definition) is 1. The number of hydrogen-bond acceptors (Lipinski definition) is 1. The Balaban J connectivity index is 2.08. The number of nitrogens with one attached hydrogen (secondary N) is 1. The lowest BCUT2D eigenvalue weighted by atomic mass is 10.1. The van der Waals surface area contributed by atoms with Crippen molar-refractivity contribution >= 4 is 0 Å². The summed E-state index contributed by atoms with van der Waals surface area (Å²) >= 11 is 0. The van der Waals surface area contributed by atoms with Crippen molar-refractivity contribution in [3.63, 3.8) is 0 Å². The molecular weight excluding hydrogens is 170 g/mol. The molecule has 1 nitrogen and oxygen atoms in total. The van der Waals surface area contributed by atoms with Crippen molar-refractivity contribution in [2.45, 2.75) is 19.8 Å². The second kappa shape index (κ2) is 6.39. The number of benzene rings is 1. The molecule has 0 spiro atoms. The number of aryl methyl sites for hydroxylation is 1. The van der Waals surface area contributed by atoms with Crippen LogP contribution in [-0.4, -0.2) is 13.1 Å². The molecule has 0 aromatic heterocycles. The quantitative estimate of drug-likeness (QED) is 0.536. The maximum Gasteiger partial charge on any atom is 0.0159 e. The normalized spacial score (nSPS) is 10.1. The van der Waals surface area contributed by atoms with Gasteiger partial charge in [0.25, 0.3) is 0 Å². The Kier molecular flexibility index (Phi) is 5.02. The predicted octanol–water partition coefficient (Wildman–Crippen LogP) is 2.78. The van der Waals surface area contributed by atoms with Crippen molar-refractivity contribution < 1.29 is 0 Å². The van der Waals surface area contributed by atoms with Crippen LogP contribution in [0.3, 0.4) is 0 Å². The molecule has 0 unspecified atom stereocenters. The molecule has 1 rings (SSSR count). The van der Waals surface area contributed by atoms with Crippen LogP contribution in [0.1, 0.15) is 18.9 Å². The Morgan fingerprint density at radius 3 is 2.64 bits per heavy atom. The molecule has 1 aromatic carbocycles. The standard InChI is InChI=1S/C13H19N/c1-12(2)11-14-10-6-9-13-7-4-3-5-8-13/h3-5,7-8,14H,1,6,9-11H2,2H3. The highest BCUT2D eigenvalue weighted by Gasteiger charge is 1.91. The monoisotopic (exact) mass is 189 g/mol. The van der Waals surface area contributed by atoms with E-state index in [2.05, 4.69) is 42.2 Å². The highest BCUT2D eigenvalue weighted by molar-refractivity contribution is 5.14. The summed E-state index contributed by atoms with van der Waals surface area (Å²) in [5, 5.41) is 3.36. The Morgan fingerprint density at radius 1 is 1.29 bits per heavy atom. The Hall–Kier alpha value is -1.08. The summed E-state index contributed by atoms with van der Waals surface area (Å²) in [4.78, 5) is 0. The Bertz CT molecular complexity index is 264. The fourth-order valence-corrected chi connectivity index (χ4v) is 1.36. The zero-order chi connectivity index (χ0) is 10.2. The van der Waals surface area contributed by atoms with Crippen molar-refractivity contribution in [1.82, 2.24) is 5.32 Å². The smallest absolute Gasteiger partial charge is 0.0159 e. The topological polar surface area (TPSA) is 12.0 Å². The van der Waals surface area contributed by atoms with Gasteiger partial charge in [0.15, 0.2) is 0 Å². The van der Waals surface area contributed by atoms with E-state index in [9.17, 15) is 0 Å². The van der Waals surface area contributed by atoms with Crippen LogP contribution in [0.4, 0.5) is 0 Å². The molecule has 1 N–H and O–H groups in total. The van der Waals surface area contributed by atoms with Gasteiger partial charge >= 0.3 is 0 Å². The van der Waals surface area contributed by atoms with E-state index < -0.39 is 0 Å². The third-order valence-corrected chi connectivity index (χ3v) is 2.09. The second-order valence-electron chi connectivity index (χ2n) is 3.72. The third-order valence-electron chi connectivity index (χ3n) is 2.09. The molecule has 0 radical (unpaired) electrons. The minimum Gasteiger partial charge on any atom is -0.313 e. The molecule has 0 heterocycles. The largest absolute Gasteiger partial charge is 0.313 e. The first-order valence-corrected chi connectivity index (χ1v) is 5.18. The van der Waals surface area contributed by atoms with E-state index in [0.717, 1.165) is 19.5 Å². The van der Waals surface area contributed by atoms with Crippen LogP contribution in [0.2, 0.25) is 0 Å². The molecule has 0 aliphatic heterocycles. The van der Waals surface area contributed by atoms with Gasteiger partial charge in [0.1, 0.15) is 0 Å². The van der Waals surface area contributed by atoms with Gasteiger partial charge in [-0.25, -0.2) is 0 Å².